The molecule has 0 rings (SSSR count). The summed E-state index contributed by atoms with van der Waals surface area (Å²) in [6.45, 7) is 6.16. The van der Waals surface area contributed by atoms with Gasteiger partial charge in [0.15, 0.2) is 12.0 Å². The first-order valence-corrected chi connectivity index (χ1v) is 11.0. The fourth-order valence-corrected chi connectivity index (χ4v) is 2.85. The number of carbonyl (C=O) groups excluding carboxylic acids is 3. The summed E-state index contributed by atoms with van der Waals surface area (Å²) in [6.07, 6.45) is -1.71. The van der Waals surface area contributed by atoms with Crippen molar-refractivity contribution in [2.45, 2.75) is 83.3 Å². The second-order valence-corrected chi connectivity index (χ2v) is 8.21. The molecule has 196 valence electrons. The van der Waals surface area contributed by atoms with Gasteiger partial charge in [0.2, 0.25) is 17.7 Å². The summed E-state index contributed by atoms with van der Waals surface area (Å²) < 4.78 is 0. The molecule has 0 heterocycles. The van der Waals surface area contributed by atoms with Gasteiger partial charge in [0, 0.05) is 6.54 Å². The van der Waals surface area contributed by atoms with Gasteiger partial charge in [-0.25, -0.2) is 4.79 Å². The molecule has 0 saturated carbocycles. The monoisotopic (exact) mass is 489 g/mol. The van der Waals surface area contributed by atoms with Crippen LogP contribution in [0.2, 0.25) is 0 Å². The molecular formula is C20H39N7O7. The van der Waals surface area contributed by atoms with E-state index in [0.717, 1.165) is 0 Å². The highest BCUT2D eigenvalue weighted by Gasteiger charge is 2.34. The molecule has 14 heteroatoms. The highest BCUT2D eigenvalue weighted by molar-refractivity contribution is 5.94. The van der Waals surface area contributed by atoms with Crippen molar-refractivity contribution in [3.63, 3.8) is 0 Å². The maximum atomic E-state index is 13.0. The Hall–Kier alpha value is -2.97. The Morgan fingerprint density at radius 3 is 1.88 bits per heavy atom. The Balaban J connectivity index is 5.65. The van der Waals surface area contributed by atoms with Gasteiger partial charge in [0.25, 0.3) is 0 Å². The summed E-state index contributed by atoms with van der Waals surface area (Å²) in [5, 5.41) is 35.7. The van der Waals surface area contributed by atoms with Crippen LogP contribution in [0.4, 0.5) is 0 Å². The molecule has 0 aliphatic rings. The molecule has 12 N–H and O–H groups in total. The molecule has 0 aliphatic carbocycles. The molecule has 34 heavy (non-hydrogen) atoms. The number of carboxylic acid groups (broad SMARTS) is 1. The highest BCUT2D eigenvalue weighted by atomic mass is 16.4. The van der Waals surface area contributed by atoms with Crippen molar-refractivity contribution < 1.29 is 34.5 Å². The van der Waals surface area contributed by atoms with E-state index in [2.05, 4.69) is 20.9 Å². The SMILES string of the molecule is CCC(C)C(NC(=O)C(CCCN=C(N)N)NC(=O)C(N)C(C)O)C(=O)NC(C(=O)O)C(C)O. The van der Waals surface area contributed by atoms with Crippen molar-refractivity contribution in [3.05, 3.63) is 0 Å². The topological polar surface area (TPSA) is 255 Å². The summed E-state index contributed by atoms with van der Waals surface area (Å²) in [7, 11) is 0. The molecule has 0 spiro atoms. The zero-order valence-electron chi connectivity index (χ0n) is 20.0. The lowest BCUT2D eigenvalue weighted by Gasteiger charge is -2.28. The fourth-order valence-electron chi connectivity index (χ4n) is 2.85. The summed E-state index contributed by atoms with van der Waals surface area (Å²) in [6, 6.07) is -5.15. The average Bonchev–Trinajstić information content (AvgIpc) is 2.75. The third-order valence-corrected chi connectivity index (χ3v) is 5.24. The van der Waals surface area contributed by atoms with Crippen LogP contribution in [0.15, 0.2) is 4.99 Å². The van der Waals surface area contributed by atoms with E-state index >= 15 is 0 Å². The zero-order chi connectivity index (χ0) is 26.6. The van der Waals surface area contributed by atoms with Gasteiger partial charge in [-0.1, -0.05) is 20.3 Å². The van der Waals surface area contributed by atoms with Crippen LogP contribution in [-0.4, -0.2) is 87.9 Å². The maximum absolute atomic E-state index is 13.0. The number of aliphatic carboxylic acids is 1. The third-order valence-electron chi connectivity index (χ3n) is 5.24. The molecule has 0 radical (unpaired) electrons. The fraction of sp³-hybridized carbons (Fsp3) is 0.750. The minimum atomic E-state index is -1.57. The van der Waals surface area contributed by atoms with Gasteiger partial charge in [0.05, 0.1) is 12.2 Å². The van der Waals surface area contributed by atoms with E-state index in [1.54, 1.807) is 13.8 Å². The van der Waals surface area contributed by atoms with Crippen molar-refractivity contribution in [1.82, 2.24) is 16.0 Å². The summed E-state index contributed by atoms with van der Waals surface area (Å²) in [5.74, 6) is -4.29. The van der Waals surface area contributed by atoms with E-state index < -0.39 is 66.0 Å². The van der Waals surface area contributed by atoms with Crippen LogP contribution >= 0.6 is 0 Å². The Morgan fingerprint density at radius 1 is 0.882 bits per heavy atom. The number of aliphatic hydroxyl groups excluding tert-OH is 2. The van der Waals surface area contributed by atoms with Crippen LogP contribution in [0.25, 0.3) is 0 Å². The molecule has 14 nitrogen and oxygen atoms in total. The van der Waals surface area contributed by atoms with Crippen molar-refractivity contribution in [3.8, 4) is 0 Å². The number of aliphatic hydroxyl groups is 2. The van der Waals surface area contributed by atoms with Gasteiger partial charge in [-0.15, -0.1) is 0 Å². The summed E-state index contributed by atoms with van der Waals surface area (Å²) >= 11 is 0. The number of guanidine groups is 1. The van der Waals surface area contributed by atoms with Gasteiger partial charge in [-0.2, -0.15) is 0 Å². The molecule has 0 bridgehead atoms. The van der Waals surface area contributed by atoms with Gasteiger partial charge >= 0.3 is 5.97 Å². The van der Waals surface area contributed by atoms with Gasteiger partial charge in [-0.05, 0) is 32.6 Å². The Bertz CT molecular complexity index is 726. The van der Waals surface area contributed by atoms with Crippen LogP contribution in [-0.2, 0) is 19.2 Å². The quantitative estimate of drug-likeness (QED) is 0.0629. The van der Waals surface area contributed by atoms with Crippen LogP contribution in [0.3, 0.4) is 0 Å². The Morgan fingerprint density at radius 2 is 1.44 bits per heavy atom. The second kappa shape index (κ2) is 15.0. The maximum Gasteiger partial charge on any atom is 0.328 e. The largest absolute Gasteiger partial charge is 0.480 e. The second-order valence-electron chi connectivity index (χ2n) is 8.21. The number of aliphatic imine (C=N–C) groups is 1. The van der Waals surface area contributed by atoms with Crippen molar-refractivity contribution >= 4 is 29.7 Å². The molecule has 0 saturated heterocycles. The molecule has 0 aromatic rings. The minimum Gasteiger partial charge on any atom is -0.480 e. The number of rotatable bonds is 15. The standard InChI is InChI=1S/C20H39N7O7/c1-5-9(2)14(18(32)27-15(11(4)29)19(33)34)26-16(30)12(7-6-8-24-20(22)23)25-17(31)13(21)10(3)28/h9-15,28-29H,5-8,21H2,1-4H3,(H,25,31)(H,26,30)(H,27,32)(H,33,34)(H4,22,23,24). The highest BCUT2D eigenvalue weighted by Crippen LogP contribution is 2.11. The molecule has 7 unspecified atom stereocenters. The summed E-state index contributed by atoms with van der Waals surface area (Å²) in [4.78, 5) is 53.3. The molecule has 0 aromatic carbocycles. The van der Waals surface area contributed by atoms with E-state index in [1.807, 2.05) is 0 Å². The van der Waals surface area contributed by atoms with Crippen LogP contribution in [0, 0.1) is 5.92 Å². The first-order chi connectivity index (χ1) is 15.7. The molecule has 0 aliphatic heterocycles. The number of amides is 3. The summed E-state index contributed by atoms with van der Waals surface area (Å²) in [5.41, 5.74) is 16.2. The third kappa shape index (κ3) is 10.8. The van der Waals surface area contributed by atoms with Crippen LogP contribution < -0.4 is 33.2 Å². The number of nitrogens with one attached hydrogen (secondary N) is 3. The van der Waals surface area contributed by atoms with Crippen LogP contribution in [0.1, 0.15) is 47.0 Å². The number of carboxylic acids is 1. The predicted molar refractivity (Wildman–Crippen MR) is 124 cm³/mol. The van der Waals surface area contributed by atoms with Gasteiger partial charge < -0.3 is 48.5 Å². The number of nitrogens with zero attached hydrogens (tertiary/aromatic N) is 1. The number of nitrogens with two attached hydrogens (primary N) is 3. The molecule has 0 fully saturated rings. The number of hydrogen-bond acceptors (Lipinski definition) is 8. The lowest BCUT2D eigenvalue weighted by atomic mass is 9.96. The van der Waals surface area contributed by atoms with Crippen LogP contribution in [0.5, 0.6) is 0 Å². The number of carbonyl (C=O) groups is 4. The normalized spacial score (nSPS) is 17.1. The van der Waals surface area contributed by atoms with E-state index in [1.165, 1.54) is 13.8 Å². The smallest absolute Gasteiger partial charge is 0.328 e. The number of hydrogen-bond donors (Lipinski definition) is 9. The molecular weight excluding hydrogens is 450 g/mol. The minimum absolute atomic E-state index is 0.0845. The Labute approximate surface area is 198 Å². The van der Waals surface area contributed by atoms with E-state index in [4.69, 9.17) is 17.2 Å². The molecule has 7 atom stereocenters. The van der Waals surface area contributed by atoms with Crippen molar-refractivity contribution in [1.29, 1.82) is 0 Å². The van der Waals surface area contributed by atoms with E-state index in [9.17, 15) is 34.5 Å². The lowest BCUT2D eigenvalue weighted by molar-refractivity contribution is -0.145. The molecule has 3 amide bonds. The molecule has 0 aromatic heterocycles. The van der Waals surface area contributed by atoms with Crippen molar-refractivity contribution in [2.75, 3.05) is 6.54 Å². The Kier molecular flexibility index (Phi) is 13.7. The van der Waals surface area contributed by atoms with Gasteiger partial charge in [-0.3, -0.25) is 19.4 Å². The van der Waals surface area contributed by atoms with E-state index in [0.29, 0.717) is 12.8 Å². The van der Waals surface area contributed by atoms with E-state index in [-0.39, 0.29) is 18.9 Å². The van der Waals surface area contributed by atoms with Crippen molar-refractivity contribution in [2.24, 2.45) is 28.1 Å². The first kappa shape index (κ1) is 31.0. The predicted octanol–water partition coefficient (Wildman–Crippen LogP) is -3.29. The first-order valence-electron chi connectivity index (χ1n) is 11.0. The zero-order valence-corrected chi connectivity index (χ0v) is 20.0. The average molecular weight is 490 g/mol. The van der Waals surface area contributed by atoms with Gasteiger partial charge in [0.1, 0.15) is 18.1 Å². The lowest BCUT2D eigenvalue weighted by Crippen LogP contribution is -2.60.